The van der Waals surface area contributed by atoms with Gasteiger partial charge in [0.15, 0.2) is 0 Å². The minimum atomic E-state index is -0.0861. The standard InChI is InChI=1S/C14H16N2OS/c1-3-18-12-6-4-10(5-7-12)11-8-13(15)16(2)14(17)9-11/h4-9H,3,15H2,1-2H3. The number of hydrogen-bond acceptors (Lipinski definition) is 3. The van der Waals surface area contributed by atoms with E-state index in [0.29, 0.717) is 5.82 Å². The predicted molar refractivity (Wildman–Crippen MR) is 77.9 cm³/mol. The van der Waals surface area contributed by atoms with Crippen LogP contribution < -0.4 is 11.3 Å². The number of aromatic nitrogens is 1. The van der Waals surface area contributed by atoms with Crippen molar-refractivity contribution in [3.63, 3.8) is 0 Å². The molecule has 0 fully saturated rings. The molecule has 0 bridgehead atoms. The smallest absolute Gasteiger partial charge is 0.252 e. The molecular formula is C14H16N2OS. The Morgan fingerprint density at radius 2 is 1.83 bits per heavy atom. The topological polar surface area (TPSA) is 48.0 Å². The van der Waals surface area contributed by atoms with E-state index in [9.17, 15) is 4.79 Å². The van der Waals surface area contributed by atoms with Gasteiger partial charge in [0.25, 0.3) is 5.56 Å². The van der Waals surface area contributed by atoms with Gasteiger partial charge in [0.2, 0.25) is 0 Å². The molecule has 1 aromatic heterocycles. The number of hydrogen-bond donors (Lipinski definition) is 1. The normalized spacial score (nSPS) is 10.6. The molecule has 0 saturated heterocycles. The lowest BCUT2D eigenvalue weighted by atomic mass is 10.1. The number of rotatable bonds is 3. The Balaban J connectivity index is 2.40. The molecule has 0 aliphatic heterocycles. The van der Waals surface area contributed by atoms with Crippen LogP contribution in [0.4, 0.5) is 5.82 Å². The van der Waals surface area contributed by atoms with Gasteiger partial charge in [-0.3, -0.25) is 9.36 Å². The lowest BCUT2D eigenvalue weighted by Crippen LogP contribution is -2.18. The average molecular weight is 260 g/mol. The number of nitrogen functional groups attached to an aromatic ring is 1. The molecule has 18 heavy (non-hydrogen) atoms. The van der Waals surface area contributed by atoms with Crippen LogP contribution in [0.25, 0.3) is 11.1 Å². The summed E-state index contributed by atoms with van der Waals surface area (Å²) < 4.78 is 1.44. The maximum Gasteiger partial charge on any atom is 0.252 e. The molecular weight excluding hydrogens is 244 g/mol. The van der Waals surface area contributed by atoms with E-state index in [4.69, 9.17) is 5.73 Å². The number of benzene rings is 1. The van der Waals surface area contributed by atoms with Gasteiger partial charge in [-0.05, 0) is 35.1 Å². The van der Waals surface area contributed by atoms with Crippen LogP contribution in [0.5, 0.6) is 0 Å². The van der Waals surface area contributed by atoms with E-state index in [2.05, 4.69) is 19.1 Å². The summed E-state index contributed by atoms with van der Waals surface area (Å²) in [5.41, 5.74) is 7.59. The number of thioether (sulfide) groups is 1. The third-order valence-corrected chi connectivity index (χ3v) is 3.69. The van der Waals surface area contributed by atoms with Crippen LogP contribution in [-0.2, 0) is 7.05 Å². The third-order valence-electron chi connectivity index (χ3n) is 2.80. The van der Waals surface area contributed by atoms with Crippen molar-refractivity contribution >= 4 is 17.6 Å². The monoisotopic (exact) mass is 260 g/mol. The first-order valence-corrected chi connectivity index (χ1v) is 6.80. The summed E-state index contributed by atoms with van der Waals surface area (Å²) >= 11 is 1.80. The third kappa shape index (κ3) is 2.59. The van der Waals surface area contributed by atoms with Crippen LogP contribution in [0.3, 0.4) is 0 Å². The summed E-state index contributed by atoms with van der Waals surface area (Å²) in [6, 6.07) is 11.6. The second kappa shape index (κ2) is 5.31. The Kier molecular flexibility index (Phi) is 3.77. The molecule has 0 aliphatic rings. The van der Waals surface area contributed by atoms with Crippen LogP contribution in [0.1, 0.15) is 6.92 Å². The summed E-state index contributed by atoms with van der Waals surface area (Å²) in [7, 11) is 1.67. The first kappa shape index (κ1) is 12.8. The molecule has 0 unspecified atom stereocenters. The zero-order chi connectivity index (χ0) is 13.1. The van der Waals surface area contributed by atoms with Gasteiger partial charge in [0.05, 0.1) is 0 Å². The minimum absolute atomic E-state index is 0.0861. The van der Waals surface area contributed by atoms with Crippen LogP contribution in [0.2, 0.25) is 0 Å². The van der Waals surface area contributed by atoms with Gasteiger partial charge in [-0.15, -0.1) is 11.8 Å². The first-order valence-electron chi connectivity index (χ1n) is 5.81. The molecule has 1 heterocycles. The summed E-state index contributed by atoms with van der Waals surface area (Å²) in [5, 5.41) is 0. The number of nitrogens with zero attached hydrogens (tertiary/aromatic N) is 1. The Hall–Kier alpha value is -1.68. The fraction of sp³-hybridized carbons (Fsp3) is 0.214. The molecule has 0 radical (unpaired) electrons. The molecule has 1 aromatic carbocycles. The first-order chi connectivity index (χ1) is 8.61. The highest BCUT2D eigenvalue weighted by Gasteiger charge is 2.03. The van der Waals surface area contributed by atoms with Crippen molar-refractivity contribution in [2.24, 2.45) is 7.05 Å². The van der Waals surface area contributed by atoms with Crippen molar-refractivity contribution in [1.82, 2.24) is 4.57 Å². The molecule has 0 spiro atoms. The molecule has 0 atom stereocenters. The van der Waals surface area contributed by atoms with Crippen LogP contribution in [0, 0.1) is 0 Å². The van der Waals surface area contributed by atoms with Crippen molar-refractivity contribution < 1.29 is 0 Å². The molecule has 2 N–H and O–H groups in total. The number of anilines is 1. The molecule has 94 valence electrons. The van der Waals surface area contributed by atoms with Crippen LogP contribution >= 0.6 is 11.8 Å². The summed E-state index contributed by atoms with van der Waals surface area (Å²) in [6.07, 6.45) is 0. The fourth-order valence-electron chi connectivity index (χ4n) is 1.73. The van der Waals surface area contributed by atoms with E-state index in [1.54, 1.807) is 24.9 Å². The van der Waals surface area contributed by atoms with Crippen molar-refractivity contribution in [3.05, 3.63) is 46.8 Å². The van der Waals surface area contributed by atoms with Crippen LogP contribution in [-0.4, -0.2) is 10.3 Å². The van der Waals surface area contributed by atoms with Gasteiger partial charge in [0.1, 0.15) is 5.82 Å². The van der Waals surface area contributed by atoms with Gasteiger partial charge in [-0.2, -0.15) is 0 Å². The largest absolute Gasteiger partial charge is 0.385 e. The molecule has 0 saturated carbocycles. The molecule has 3 nitrogen and oxygen atoms in total. The van der Waals surface area contributed by atoms with Gasteiger partial charge < -0.3 is 5.73 Å². The Morgan fingerprint density at radius 1 is 1.17 bits per heavy atom. The summed E-state index contributed by atoms with van der Waals surface area (Å²) in [6.45, 7) is 2.13. The summed E-state index contributed by atoms with van der Waals surface area (Å²) in [5.74, 6) is 1.53. The predicted octanol–water partition coefficient (Wildman–Crippen LogP) is 2.75. The molecule has 4 heteroatoms. The zero-order valence-electron chi connectivity index (χ0n) is 10.5. The second-order valence-electron chi connectivity index (χ2n) is 4.02. The highest BCUT2D eigenvalue weighted by Crippen LogP contribution is 2.24. The fourth-order valence-corrected chi connectivity index (χ4v) is 2.39. The quantitative estimate of drug-likeness (QED) is 0.863. The zero-order valence-corrected chi connectivity index (χ0v) is 11.3. The van der Waals surface area contributed by atoms with E-state index in [-0.39, 0.29) is 5.56 Å². The van der Waals surface area contributed by atoms with E-state index in [1.165, 1.54) is 9.46 Å². The number of nitrogens with two attached hydrogens (primary N) is 1. The maximum absolute atomic E-state index is 11.7. The van der Waals surface area contributed by atoms with E-state index >= 15 is 0 Å². The van der Waals surface area contributed by atoms with E-state index in [0.717, 1.165) is 16.9 Å². The van der Waals surface area contributed by atoms with Crippen molar-refractivity contribution in [1.29, 1.82) is 0 Å². The van der Waals surface area contributed by atoms with Gasteiger partial charge in [-0.25, -0.2) is 0 Å². The van der Waals surface area contributed by atoms with Crippen molar-refractivity contribution in [2.75, 3.05) is 11.5 Å². The molecule has 2 aromatic rings. The lowest BCUT2D eigenvalue weighted by molar-refractivity contribution is 0.876. The Morgan fingerprint density at radius 3 is 2.39 bits per heavy atom. The summed E-state index contributed by atoms with van der Waals surface area (Å²) in [4.78, 5) is 12.9. The van der Waals surface area contributed by atoms with Gasteiger partial charge >= 0.3 is 0 Å². The second-order valence-corrected chi connectivity index (χ2v) is 5.36. The average Bonchev–Trinajstić information content (AvgIpc) is 2.37. The van der Waals surface area contributed by atoms with Crippen molar-refractivity contribution in [2.45, 2.75) is 11.8 Å². The van der Waals surface area contributed by atoms with E-state index < -0.39 is 0 Å². The van der Waals surface area contributed by atoms with Crippen LogP contribution in [0.15, 0.2) is 46.1 Å². The van der Waals surface area contributed by atoms with Gasteiger partial charge in [0, 0.05) is 18.0 Å². The molecule has 2 rings (SSSR count). The molecule has 0 aliphatic carbocycles. The highest BCUT2D eigenvalue weighted by molar-refractivity contribution is 7.99. The number of pyridine rings is 1. The molecule has 0 amide bonds. The lowest BCUT2D eigenvalue weighted by Gasteiger charge is -2.07. The Labute approximate surface area is 111 Å². The minimum Gasteiger partial charge on any atom is -0.385 e. The van der Waals surface area contributed by atoms with Crippen molar-refractivity contribution in [3.8, 4) is 11.1 Å². The maximum atomic E-state index is 11.7. The highest BCUT2D eigenvalue weighted by atomic mass is 32.2. The Bertz CT molecular complexity index is 602. The van der Waals surface area contributed by atoms with Gasteiger partial charge in [-0.1, -0.05) is 19.1 Å². The SMILES string of the molecule is CCSc1ccc(-c2cc(N)n(C)c(=O)c2)cc1. The van der Waals surface area contributed by atoms with E-state index in [1.807, 2.05) is 18.2 Å².